The monoisotopic (exact) mass is 278 g/mol. The normalized spacial score (nSPS) is 10.3. The van der Waals surface area contributed by atoms with Crippen LogP contribution >= 0.6 is 0 Å². The van der Waals surface area contributed by atoms with Crippen molar-refractivity contribution in [3.05, 3.63) is 84.4 Å². The maximum Gasteiger partial charge on any atom is 0.212 e. The first-order valence-corrected chi connectivity index (χ1v) is 6.81. The Kier molecular flexibility index (Phi) is 3.92. The highest BCUT2D eigenvalue weighted by Gasteiger charge is 1.98. The van der Waals surface area contributed by atoms with Crippen molar-refractivity contribution >= 4 is 5.69 Å². The minimum absolute atomic E-state index is 0.465. The molecule has 3 heteroatoms. The molecule has 0 amide bonds. The van der Waals surface area contributed by atoms with E-state index < -0.39 is 5.95 Å². The van der Waals surface area contributed by atoms with E-state index in [1.165, 1.54) is 29.0 Å². The maximum atomic E-state index is 12.7. The van der Waals surface area contributed by atoms with E-state index in [0.717, 1.165) is 5.69 Å². The van der Waals surface area contributed by atoms with Gasteiger partial charge in [-0.3, -0.25) is 0 Å². The molecule has 0 aliphatic rings. The SMILES string of the molecule is Fc1ccc(NCc2ccc(-c3ccccc3)cc2)cn1. The van der Waals surface area contributed by atoms with E-state index in [9.17, 15) is 4.39 Å². The lowest BCUT2D eigenvalue weighted by atomic mass is 10.0. The summed E-state index contributed by atoms with van der Waals surface area (Å²) in [7, 11) is 0. The van der Waals surface area contributed by atoms with Gasteiger partial charge in [-0.1, -0.05) is 54.6 Å². The maximum absolute atomic E-state index is 12.7. The summed E-state index contributed by atoms with van der Waals surface area (Å²) in [5.41, 5.74) is 4.38. The molecule has 0 aliphatic carbocycles. The molecule has 0 spiro atoms. The zero-order valence-corrected chi connectivity index (χ0v) is 11.5. The van der Waals surface area contributed by atoms with Crippen LogP contribution in [0.25, 0.3) is 11.1 Å². The molecule has 0 saturated heterocycles. The Labute approximate surface area is 123 Å². The molecule has 0 atom stereocenters. The fourth-order valence-electron chi connectivity index (χ4n) is 2.13. The van der Waals surface area contributed by atoms with E-state index in [1.807, 2.05) is 18.2 Å². The second-order valence-corrected chi connectivity index (χ2v) is 4.79. The van der Waals surface area contributed by atoms with Crippen LogP contribution in [-0.4, -0.2) is 4.98 Å². The van der Waals surface area contributed by atoms with Gasteiger partial charge in [0.1, 0.15) is 0 Å². The van der Waals surface area contributed by atoms with Crippen molar-refractivity contribution in [3.8, 4) is 11.1 Å². The number of halogens is 1. The summed E-state index contributed by atoms with van der Waals surface area (Å²) in [5, 5.41) is 3.22. The quantitative estimate of drug-likeness (QED) is 0.711. The van der Waals surface area contributed by atoms with Crippen LogP contribution in [0.15, 0.2) is 72.9 Å². The molecule has 0 saturated carbocycles. The van der Waals surface area contributed by atoms with E-state index >= 15 is 0 Å². The van der Waals surface area contributed by atoms with Gasteiger partial charge in [0.05, 0.1) is 11.9 Å². The topological polar surface area (TPSA) is 24.9 Å². The molecule has 0 unspecified atom stereocenters. The van der Waals surface area contributed by atoms with Gasteiger partial charge in [-0.25, -0.2) is 4.98 Å². The number of hydrogen-bond donors (Lipinski definition) is 1. The summed E-state index contributed by atoms with van der Waals surface area (Å²) in [6.45, 7) is 0.683. The Hall–Kier alpha value is -2.68. The first-order valence-electron chi connectivity index (χ1n) is 6.81. The van der Waals surface area contributed by atoms with Crippen molar-refractivity contribution in [2.24, 2.45) is 0 Å². The molecule has 21 heavy (non-hydrogen) atoms. The van der Waals surface area contributed by atoms with Gasteiger partial charge in [0, 0.05) is 6.54 Å². The predicted molar refractivity (Wildman–Crippen MR) is 83.4 cm³/mol. The third-order valence-corrected chi connectivity index (χ3v) is 3.29. The molecule has 3 aromatic rings. The van der Waals surface area contributed by atoms with Gasteiger partial charge in [0.2, 0.25) is 5.95 Å². The van der Waals surface area contributed by atoms with Crippen molar-refractivity contribution < 1.29 is 4.39 Å². The number of pyridine rings is 1. The van der Waals surface area contributed by atoms with E-state index in [4.69, 9.17) is 0 Å². The Bertz CT molecular complexity index is 692. The molecule has 1 aromatic heterocycles. The third kappa shape index (κ3) is 3.45. The first-order chi connectivity index (χ1) is 10.3. The molecule has 0 bridgehead atoms. The third-order valence-electron chi connectivity index (χ3n) is 3.29. The molecular weight excluding hydrogens is 263 g/mol. The smallest absolute Gasteiger partial charge is 0.212 e. The highest BCUT2D eigenvalue weighted by Crippen LogP contribution is 2.19. The lowest BCUT2D eigenvalue weighted by Crippen LogP contribution is -1.99. The molecule has 0 aliphatic heterocycles. The Morgan fingerprint density at radius 1 is 0.810 bits per heavy atom. The van der Waals surface area contributed by atoms with Crippen LogP contribution in [0.5, 0.6) is 0 Å². The molecule has 1 N–H and O–H groups in total. The van der Waals surface area contributed by atoms with Crippen LogP contribution in [0.1, 0.15) is 5.56 Å². The van der Waals surface area contributed by atoms with Crippen molar-refractivity contribution in [2.45, 2.75) is 6.54 Å². The average Bonchev–Trinajstić information content (AvgIpc) is 2.56. The highest BCUT2D eigenvalue weighted by atomic mass is 19.1. The molecule has 0 radical (unpaired) electrons. The molecule has 2 aromatic carbocycles. The van der Waals surface area contributed by atoms with E-state index in [-0.39, 0.29) is 0 Å². The standard InChI is InChI=1S/C18H15FN2/c19-18-11-10-17(13-21-18)20-12-14-6-8-16(9-7-14)15-4-2-1-3-5-15/h1-11,13,20H,12H2. The van der Waals surface area contributed by atoms with Crippen molar-refractivity contribution in [3.63, 3.8) is 0 Å². The van der Waals surface area contributed by atoms with Crippen LogP contribution < -0.4 is 5.32 Å². The average molecular weight is 278 g/mol. The van der Waals surface area contributed by atoms with Crippen molar-refractivity contribution in [1.82, 2.24) is 4.98 Å². The number of nitrogens with zero attached hydrogens (tertiary/aromatic N) is 1. The second kappa shape index (κ2) is 6.18. The predicted octanol–water partition coefficient (Wildman–Crippen LogP) is 4.50. The number of hydrogen-bond acceptors (Lipinski definition) is 2. The van der Waals surface area contributed by atoms with Gasteiger partial charge in [0.15, 0.2) is 0 Å². The Balaban J connectivity index is 1.66. The van der Waals surface area contributed by atoms with Gasteiger partial charge in [-0.15, -0.1) is 0 Å². The van der Waals surface area contributed by atoms with Crippen LogP contribution in [0.2, 0.25) is 0 Å². The summed E-state index contributed by atoms with van der Waals surface area (Å²) in [4.78, 5) is 3.62. The van der Waals surface area contributed by atoms with Crippen LogP contribution in [0, 0.1) is 5.95 Å². The van der Waals surface area contributed by atoms with Crippen molar-refractivity contribution in [1.29, 1.82) is 0 Å². The fraction of sp³-hybridized carbons (Fsp3) is 0.0556. The number of nitrogens with one attached hydrogen (secondary N) is 1. The molecular formula is C18H15FN2. The van der Waals surface area contributed by atoms with Crippen LogP contribution in [0.4, 0.5) is 10.1 Å². The van der Waals surface area contributed by atoms with Gasteiger partial charge in [-0.05, 0) is 28.8 Å². The first kappa shape index (κ1) is 13.3. The summed E-state index contributed by atoms with van der Waals surface area (Å²) < 4.78 is 12.7. The second-order valence-electron chi connectivity index (χ2n) is 4.79. The summed E-state index contributed by atoms with van der Waals surface area (Å²) in [6, 6.07) is 21.7. The summed E-state index contributed by atoms with van der Waals surface area (Å²) in [6.07, 6.45) is 1.49. The number of benzene rings is 2. The summed E-state index contributed by atoms with van der Waals surface area (Å²) in [5.74, 6) is -0.465. The Morgan fingerprint density at radius 2 is 1.52 bits per heavy atom. The molecule has 104 valence electrons. The zero-order chi connectivity index (χ0) is 14.5. The minimum Gasteiger partial charge on any atom is -0.380 e. The molecule has 2 nitrogen and oxygen atoms in total. The lowest BCUT2D eigenvalue weighted by molar-refractivity contribution is 0.584. The number of aromatic nitrogens is 1. The number of anilines is 1. The van der Waals surface area contributed by atoms with Gasteiger partial charge >= 0.3 is 0 Å². The summed E-state index contributed by atoms with van der Waals surface area (Å²) >= 11 is 0. The molecule has 3 rings (SSSR count). The van der Waals surface area contributed by atoms with E-state index in [2.05, 4.69) is 46.7 Å². The molecule has 0 fully saturated rings. The van der Waals surface area contributed by atoms with Crippen LogP contribution in [-0.2, 0) is 6.54 Å². The Morgan fingerprint density at radius 3 is 2.19 bits per heavy atom. The fourth-order valence-corrected chi connectivity index (χ4v) is 2.13. The van der Waals surface area contributed by atoms with Crippen LogP contribution in [0.3, 0.4) is 0 Å². The minimum atomic E-state index is -0.465. The number of rotatable bonds is 4. The zero-order valence-electron chi connectivity index (χ0n) is 11.5. The lowest BCUT2D eigenvalue weighted by Gasteiger charge is -2.07. The van der Waals surface area contributed by atoms with Gasteiger partial charge in [0.25, 0.3) is 0 Å². The molecule has 1 heterocycles. The van der Waals surface area contributed by atoms with E-state index in [0.29, 0.717) is 6.54 Å². The van der Waals surface area contributed by atoms with E-state index in [1.54, 1.807) is 6.07 Å². The van der Waals surface area contributed by atoms with Gasteiger partial charge in [-0.2, -0.15) is 4.39 Å². The van der Waals surface area contributed by atoms with Gasteiger partial charge < -0.3 is 5.32 Å². The van der Waals surface area contributed by atoms with Crippen molar-refractivity contribution in [2.75, 3.05) is 5.32 Å². The largest absolute Gasteiger partial charge is 0.380 e. The highest BCUT2D eigenvalue weighted by molar-refractivity contribution is 5.63.